The molecular formula is C6H11BO5S. The summed E-state index contributed by atoms with van der Waals surface area (Å²) in [4.78, 5) is 0. The summed E-state index contributed by atoms with van der Waals surface area (Å²) in [6, 6.07) is 0. The van der Waals surface area contributed by atoms with E-state index in [1.54, 1.807) is 0 Å². The van der Waals surface area contributed by atoms with Gasteiger partial charge >= 0.3 is 0 Å². The van der Waals surface area contributed by atoms with Crippen LogP contribution in [0.1, 0.15) is 0 Å². The van der Waals surface area contributed by atoms with Crippen molar-refractivity contribution in [2.24, 2.45) is 0 Å². The van der Waals surface area contributed by atoms with Crippen molar-refractivity contribution in [3.8, 4) is 0 Å². The number of methoxy groups -OCH3 is 1. The Balaban J connectivity index is 2.96. The monoisotopic (exact) mass is 206 g/mol. The Kier molecular flexibility index (Phi) is 3.01. The molecule has 1 aliphatic rings. The Morgan fingerprint density at radius 2 is 1.92 bits per heavy atom. The van der Waals surface area contributed by atoms with Gasteiger partial charge in [-0.05, 0) is 0 Å². The average Bonchev–Trinajstić information content (AvgIpc) is 2.20. The molecule has 5 nitrogen and oxygen atoms in total. The zero-order valence-corrected chi connectivity index (χ0v) is 7.94. The molecular weight excluding hydrogens is 195 g/mol. The summed E-state index contributed by atoms with van der Waals surface area (Å²) in [7, 11) is 2.86. The first-order valence-electron chi connectivity index (χ1n) is 3.76. The second kappa shape index (κ2) is 3.57. The number of rotatable bonds is 2. The van der Waals surface area contributed by atoms with E-state index in [4.69, 9.17) is 7.85 Å². The van der Waals surface area contributed by atoms with E-state index in [2.05, 4.69) is 4.74 Å². The van der Waals surface area contributed by atoms with Gasteiger partial charge in [0.05, 0.1) is 31.8 Å². The van der Waals surface area contributed by atoms with Crippen LogP contribution in [0.4, 0.5) is 0 Å². The Morgan fingerprint density at radius 3 is 2.23 bits per heavy atom. The molecule has 0 aliphatic carbocycles. The van der Waals surface area contributed by atoms with Crippen LogP contribution in [0.3, 0.4) is 0 Å². The molecule has 13 heavy (non-hydrogen) atoms. The highest BCUT2D eigenvalue weighted by Gasteiger charge is 2.50. The lowest BCUT2D eigenvalue weighted by Gasteiger charge is -2.13. The van der Waals surface area contributed by atoms with Gasteiger partial charge in [0, 0.05) is 7.11 Å². The van der Waals surface area contributed by atoms with Gasteiger partial charge in [0.1, 0.15) is 5.25 Å². The Labute approximate surface area is 78.0 Å². The van der Waals surface area contributed by atoms with E-state index in [1.807, 2.05) is 0 Å². The number of ether oxygens (including phenoxy) is 1. The summed E-state index contributed by atoms with van der Waals surface area (Å²) < 4.78 is 27.4. The summed E-state index contributed by atoms with van der Waals surface area (Å²) in [5.41, 5.74) is 0. The highest BCUT2D eigenvalue weighted by Crippen LogP contribution is 2.26. The normalized spacial score (nSPS) is 43.6. The highest BCUT2D eigenvalue weighted by atomic mass is 32.2. The maximum Gasteiger partial charge on any atom is 0.155 e. The van der Waals surface area contributed by atoms with E-state index in [0.717, 1.165) is 0 Å². The third-order valence-corrected chi connectivity index (χ3v) is 4.50. The highest BCUT2D eigenvalue weighted by molar-refractivity contribution is 7.94. The standard InChI is InChI=1S/C6H11BO5S/c1-12-2-3-4(8)5(9)6(7)13(3,10)11/h3-6,8-9H,2H2,1H3/t3-,4?,5+,6-/m1/s1. The fraction of sp³-hybridized carbons (Fsp3) is 1.00. The van der Waals surface area contributed by atoms with Gasteiger partial charge in [-0.1, -0.05) is 0 Å². The molecule has 1 unspecified atom stereocenters. The second-order valence-electron chi connectivity index (χ2n) is 3.03. The minimum Gasteiger partial charge on any atom is -0.390 e. The van der Waals surface area contributed by atoms with Gasteiger partial charge in [0.2, 0.25) is 0 Å². The smallest absolute Gasteiger partial charge is 0.155 e. The Bertz CT molecular complexity index is 277. The van der Waals surface area contributed by atoms with Crippen LogP contribution in [0.5, 0.6) is 0 Å². The van der Waals surface area contributed by atoms with Crippen molar-refractivity contribution in [1.29, 1.82) is 0 Å². The van der Waals surface area contributed by atoms with Gasteiger partial charge in [-0.15, -0.1) is 0 Å². The summed E-state index contributed by atoms with van der Waals surface area (Å²) in [6.45, 7) is -0.158. The molecule has 0 saturated carbocycles. The predicted molar refractivity (Wildman–Crippen MR) is 46.1 cm³/mol. The number of hydrogen-bond donors (Lipinski definition) is 2. The van der Waals surface area contributed by atoms with E-state index in [0.29, 0.717) is 0 Å². The van der Waals surface area contributed by atoms with Crippen LogP contribution in [0, 0.1) is 0 Å². The molecule has 0 bridgehead atoms. The van der Waals surface area contributed by atoms with Gasteiger partial charge in [0.25, 0.3) is 0 Å². The molecule has 1 aliphatic heterocycles. The van der Waals surface area contributed by atoms with Crippen molar-refractivity contribution < 1.29 is 23.4 Å². The van der Waals surface area contributed by atoms with Gasteiger partial charge < -0.3 is 14.9 Å². The van der Waals surface area contributed by atoms with Gasteiger partial charge in [-0.3, -0.25) is 0 Å². The summed E-state index contributed by atoms with van der Waals surface area (Å²) in [5.74, 6) is 0. The molecule has 0 aromatic rings. The van der Waals surface area contributed by atoms with Crippen LogP contribution in [-0.2, 0) is 14.6 Å². The third kappa shape index (κ3) is 1.61. The first kappa shape index (κ1) is 11.0. The Morgan fingerprint density at radius 1 is 1.38 bits per heavy atom. The molecule has 1 rings (SSSR count). The van der Waals surface area contributed by atoms with Crippen molar-refractivity contribution >= 4 is 17.7 Å². The van der Waals surface area contributed by atoms with E-state index >= 15 is 0 Å². The van der Waals surface area contributed by atoms with Crippen LogP contribution in [0.2, 0.25) is 0 Å². The Hall–Kier alpha value is -0.105. The van der Waals surface area contributed by atoms with E-state index in [-0.39, 0.29) is 6.61 Å². The lowest BCUT2D eigenvalue weighted by Crippen LogP contribution is -2.34. The summed E-state index contributed by atoms with van der Waals surface area (Å²) >= 11 is 0. The van der Waals surface area contributed by atoms with Crippen LogP contribution >= 0.6 is 0 Å². The SMILES string of the molecule is [B][C@H]1[C@@H](O)C(O)[C@@H](COC)S1(=O)=O. The number of aliphatic hydroxyl groups excluding tert-OH is 2. The average molecular weight is 206 g/mol. The van der Waals surface area contributed by atoms with Crippen molar-refractivity contribution in [3.05, 3.63) is 0 Å². The minimum atomic E-state index is -3.67. The maximum atomic E-state index is 11.4. The number of hydrogen-bond acceptors (Lipinski definition) is 5. The van der Waals surface area contributed by atoms with E-state index in [9.17, 15) is 18.6 Å². The first-order valence-corrected chi connectivity index (χ1v) is 5.37. The molecule has 1 fully saturated rings. The molecule has 1 heterocycles. The number of sulfone groups is 1. The molecule has 4 atom stereocenters. The van der Waals surface area contributed by atoms with Crippen LogP contribution < -0.4 is 0 Å². The fourth-order valence-electron chi connectivity index (χ4n) is 1.36. The predicted octanol–water partition coefficient (Wildman–Crippen LogP) is -2.35. The topological polar surface area (TPSA) is 83.8 Å². The van der Waals surface area contributed by atoms with Crippen LogP contribution in [0.25, 0.3) is 0 Å². The van der Waals surface area contributed by atoms with Crippen LogP contribution in [-0.4, -0.2) is 62.8 Å². The lowest BCUT2D eigenvalue weighted by molar-refractivity contribution is 0.0234. The van der Waals surface area contributed by atoms with E-state index in [1.165, 1.54) is 7.11 Å². The fourth-order valence-corrected chi connectivity index (χ4v) is 3.19. The maximum absolute atomic E-state index is 11.4. The first-order chi connectivity index (χ1) is 5.92. The quantitative estimate of drug-likeness (QED) is 0.494. The summed E-state index contributed by atoms with van der Waals surface area (Å²) in [6.07, 6.45) is -2.79. The molecule has 1 saturated heterocycles. The van der Waals surface area contributed by atoms with Gasteiger partial charge in [-0.2, -0.15) is 0 Å². The van der Waals surface area contributed by atoms with Crippen LogP contribution in [0.15, 0.2) is 0 Å². The second-order valence-corrected chi connectivity index (χ2v) is 5.36. The molecule has 0 spiro atoms. The van der Waals surface area contributed by atoms with Gasteiger partial charge in [0.15, 0.2) is 9.84 Å². The molecule has 0 amide bonds. The molecule has 0 aromatic heterocycles. The number of aliphatic hydroxyl groups is 2. The third-order valence-electron chi connectivity index (χ3n) is 2.20. The van der Waals surface area contributed by atoms with Crippen molar-refractivity contribution in [1.82, 2.24) is 0 Å². The molecule has 7 heteroatoms. The zero-order chi connectivity index (χ0) is 10.2. The molecule has 0 aromatic carbocycles. The largest absolute Gasteiger partial charge is 0.390 e. The van der Waals surface area contributed by atoms with Crippen molar-refractivity contribution in [3.63, 3.8) is 0 Å². The molecule has 74 valence electrons. The van der Waals surface area contributed by atoms with Gasteiger partial charge in [-0.25, -0.2) is 8.42 Å². The zero-order valence-electron chi connectivity index (χ0n) is 7.12. The molecule has 2 radical (unpaired) electrons. The minimum absolute atomic E-state index is 0.158. The van der Waals surface area contributed by atoms with E-state index < -0.39 is 32.4 Å². The lowest BCUT2D eigenvalue weighted by atomic mass is 9.94. The van der Waals surface area contributed by atoms with Crippen molar-refractivity contribution in [2.75, 3.05) is 13.7 Å². The van der Waals surface area contributed by atoms with Crippen molar-refractivity contribution in [2.45, 2.75) is 22.6 Å². The summed E-state index contributed by atoms with van der Waals surface area (Å²) in [5, 5.41) is 16.0. The molecule has 2 N–H and O–H groups in total.